The highest BCUT2D eigenvalue weighted by Crippen LogP contribution is 2.45. The fourth-order valence-electron chi connectivity index (χ4n) is 3.73. The molecule has 1 aromatic heterocycles. The van der Waals surface area contributed by atoms with Gasteiger partial charge in [0.25, 0.3) is 0 Å². The Balaban J connectivity index is 1.88. The van der Waals surface area contributed by atoms with Gasteiger partial charge in [-0.2, -0.15) is 11.3 Å². The van der Waals surface area contributed by atoms with Crippen LogP contribution in [0.15, 0.2) is 22.9 Å². The van der Waals surface area contributed by atoms with E-state index in [1.807, 2.05) is 11.3 Å². The van der Waals surface area contributed by atoms with Crippen molar-refractivity contribution in [3.8, 4) is 11.5 Å². The number of rotatable bonds is 2. The lowest BCUT2D eigenvalue weighted by Gasteiger charge is -2.38. The van der Waals surface area contributed by atoms with Crippen LogP contribution in [0, 0.1) is 0 Å². The molecule has 2 atom stereocenters. The van der Waals surface area contributed by atoms with Crippen LogP contribution in [0.3, 0.4) is 0 Å². The first kappa shape index (κ1) is 13.2. The molecular weight excluding hydrogens is 282 g/mol. The summed E-state index contributed by atoms with van der Waals surface area (Å²) < 4.78 is 11.0. The lowest BCUT2D eigenvalue weighted by atomic mass is 9.73. The highest BCUT2D eigenvalue weighted by Gasteiger charge is 2.36. The van der Waals surface area contributed by atoms with Crippen LogP contribution in [-0.4, -0.2) is 20.3 Å². The number of benzene rings is 1. The van der Waals surface area contributed by atoms with Gasteiger partial charge in [-0.05, 0) is 58.0 Å². The molecule has 0 amide bonds. The van der Waals surface area contributed by atoms with Crippen LogP contribution in [0.1, 0.15) is 34.6 Å². The molecule has 0 fully saturated rings. The predicted molar refractivity (Wildman–Crippen MR) is 84.7 cm³/mol. The average Bonchev–Trinajstić information content (AvgIpc) is 3.01. The van der Waals surface area contributed by atoms with Gasteiger partial charge in [0.05, 0.1) is 14.2 Å². The van der Waals surface area contributed by atoms with Gasteiger partial charge in [-0.3, -0.25) is 0 Å². The molecule has 4 rings (SSSR count). The Labute approximate surface area is 128 Å². The van der Waals surface area contributed by atoms with E-state index in [4.69, 9.17) is 9.47 Å². The van der Waals surface area contributed by atoms with Crippen LogP contribution >= 0.6 is 11.3 Å². The molecule has 2 heterocycles. The minimum absolute atomic E-state index is 0.448. The van der Waals surface area contributed by atoms with Crippen LogP contribution in [0.25, 0.3) is 0 Å². The second kappa shape index (κ2) is 5.04. The molecule has 21 heavy (non-hydrogen) atoms. The van der Waals surface area contributed by atoms with Crippen LogP contribution in [0.2, 0.25) is 0 Å². The van der Waals surface area contributed by atoms with Crippen molar-refractivity contribution in [2.45, 2.75) is 31.3 Å². The molecule has 1 aromatic carbocycles. The summed E-state index contributed by atoms with van der Waals surface area (Å²) in [6, 6.07) is 4.88. The standard InChI is InChI=1S/C17H19NO2S/c1-19-15-5-10-3-4-14-17(12(10)6-16(15)20-2)13-9-21-8-11(13)7-18-14/h5-6,8-9,14,17-18H,3-4,7H2,1-2H3. The zero-order valence-electron chi connectivity index (χ0n) is 12.3. The zero-order chi connectivity index (χ0) is 14.4. The van der Waals surface area contributed by atoms with Crippen LogP contribution in [0.4, 0.5) is 0 Å². The molecule has 110 valence electrons. The van der Waals surface area contributed by atoms with Gasteiger partial charge in [-0.25, -0.2) is 0 Å². The molecule has 1 aliphatic carbocycles. The molecule has 2 aromatic rings. The van der Waals surface area contributed by atoms with Crippen molar-refractivity contribution in [3.63, 3.8) is 0 Å². The fraction of sp³-hybridized carbons (Fsp3) is 0.412. The van der Waals surface area contributed by atoms with E-state index in [1.54, 1.807) is 14.2 Å². The van der Waals surface area contributed by atoms with Crippen molar-refractivity contribution in [3.05, 3.63) is 45.1 Å². The quantitative estimate of drug-likeness (QED) is 0.923. The first-order valence-corrected chi connectivity index (χ1v) is 8.29. The van der Waals surface area contributed by atoms with Gasteiger partial charge in [-0.15, -0.1) is 0 Å². The lowest BCUT2D eigenvalue weighted by molar-refractivity contribution is 0.349. The number of hydrogen-bond donors (Lipinski definition) is 1. The monoisotopic (exact) mass is 301 g/mol. The SMILES string of the molecule is COc1cc2c(cc1OC)C1c3cscc3CNC1CC2. The third-order valence-electron chi connectivity index (χ3n) is 4.77. The summed E-state index contributed by atoms with van der Waals surface area (Å²) in [6.45, 7) is 1.00. The Hall–Kier alpha value is -1.52. The first-order valence-electron chi connectivity index (χ1n) is 7.35. The first-order chi connectivity index (χ1) is 10.3. The maximum absolute atomic E-state index is 5.51. The topological polar surface area (TPSA) is 30.5 Å². The van der Waals surface area contributed by atoms with Gasteiger partial charge in [0.1, 0.15) is 0 Å². The summed E-state index contributed by atoms with van der Waals surface area (Å²) in [5, 5.41) is 8.30. The van der Waals surface area contributed by atoms with Gasteiger partial charge in [0.2, 0.25) is 0 Å². The number of fused-ring (bicyclic) bond motifs is 5. The van der Waals surface area contributed by atoms with E-state index < -0.39 is 0 Å². The Morgan fingerprint density at radius 3 is 2.67 bits per heavy atom. The smallest absolute Gasteiger partial charge is 0.161 e. The van der Waals surface area contributed by atoms with Crippen molar-refractivity contribution in [2.24, 2.45) is 0 Å². The van der Waals surface area contributed by atoms with E-state index in [2.05, 4.69) is 28.2 Å². The minimum Gasteiger partial charge on any atom is -0.493 e. The van der Waals surface area contributed by atoms with Gasteiger partial charge >= 0.3 is 0 Å². The van der Waals surface area contributed by atoms with E-state index >= 15 is 0 Å². The number of thiophene rings is 1. The van der Waals surface area contributed by atoms with Gasteiger partial charge < -0.3 is 14.8 Å². The highest BCUT2D eigenvalue weighted by molar-refractivity contribution is 7.08. The Bertz CT molecular complexity index is 679. The fourth-order valence-corrected chi connectivity index (χ4v) is 4.63. The molecule has 1 N–H and O–H groups in total. The summed E-state index contributed by atoms with van der Waals surface area (Å²) >= 11 is 1.81. The molecular formula is C17H19NO2S. The molecule has 0 radical (unpaired) electrons. The Kier molecular flexibility index (Phi) is 3.16. The Morgan fingerprint density at radius 2 is 1.86 bits per heavy atom. The van der Waals surface area contributed by atoms with Gasteiger partial charge in [0, 0.05) is 18.5 Å². The lowest BCUT2D eigenvalue weighted by Crippen LogP contribution is -2.42. The summed E-state index contributed by atoms with van der Waals surface area (Å²) in [5.41, 5.74) is 5.74. The Morgan fingerprint density at radius 1 is 1.05 bits per heavy atom. The van der Waals surface area contributed by atoms with Crippen molar-refractivity contribution in [1.29, 1.82) is 0 Å². The van der Waals surface area contributed by atoms with Crippen molar-refractivity contribution < 1.29 is 9.47 Å². The van der Waals surface area contributed by atoms with E-state index in [-0.39, 0.29) is 0 Å². The van der Waals surface area contributed by atoms with E-state index in [0.717, 1.165) is 24.5 Å². The summed E-state index contributed by atoms with van der Waals surface area (Å²) in [6.07, 6.45) is 2.28. The van der Waals surface area contributed by atoms with E-state index in [1.165, 1.54) is 28.7 Å². The summed E-state index contributed by atoms with van der Waals surface area (Å²) in [7, 11) is 3.41. The molecule has 1 aliphatic heterocycles. The molecule has 4 heteroatoms. The second-order valence-corrected chi connectivity index (χ2v) is 6.51. The summed E-state index contributed by atoms with van der Waals surface area (Å²) in [5.74, 6) is 2.12. The maximum atomic E-state index is 5.51. The number of aryl methyl sites for hydroxylation is 1. The second-order valence-electron chi connectivity index (χ2n) is 5.76. The van der Waals surface area contributed by atoms with Crippen LogP contribution in [-0.2, 0) is 13.0 Å². The van der Waals surface area contributed by atoms with Crippen LogP contribution in [0.5, 0.6) is 11.5 Å². The van der Waals surface area contributed by atoms with Crippen molar-refractivity contribution >= 4 is 11.3 Å². The molecule has 0 spiro atoms. The number of nitrogens with one attached hydrogen (secondary N) is 1. The molecule has 0 saturated carbocycles. The molecule has 2 aliphatic rings. The normalized spacial score (nSPS) is 23.0. The molecule has 0 saturated heterocycles. The molecule has 0 bridgehead atoms. The molecule has 2 unspecified atom stereocenters. The van der Waals surface area contributed by atoms with E-state index in [9.17, 15) is 0 Å². The summed E-state index contributed by atoms with van der Waals surface area (Å²) in [4.78, 5) is 0. The van der Waals surface area contributed by atoms with Crippen molar-refractivity contribution in [1.82, 2.24) is 5.32 Å². The van der Waals surface area contributed by atoms with E-state index in [0.29, 0.717) is 12.0 Å². The number of methoxy groups -OCH3 is 2. The third kappa shape index (κ3) is 1.97. The largest absolute Gasteiger partial charge is 0.493 e. The molecule has 3 nitrogen and oxygen atoms in total. The van der Waals surface area contributed by atoms with Crippen LogP contribution < -0.4 is 14.8 Å². The number of ether oxygens (including phenoxy) is 2. The highest BCUT2D eigenvalue weighted by atomic mass is 32.1. The minimum atomic E-state index is 0.448. The van der Waals surface area contributed by atoms with Crippen molar-refractivity contribution in [2.75, 3.05) is 14.2 Å². The zero-order valence-corrected chi connectivity index (χ0v) is 13.1. The van der Waals surface area contributed by atoms with Gasteiger partial charge in [0.15, 0.2) is 11.5 Å². The third-order valence-corrected chi connectivity index (χ3v) is 5.58. The predicted octanol–water partition coefficient (Wildman–Crippen LogP) is 3.32. The average molecular weight is 301 g/mol. The number of hydrogen-bond acceptors (Lipinski definition) is 4. The maximum Gasteiger partial charge on any atom is 0.161 e. The van der Waals surface area contributed by atoms with Gasteiger partial charge in [-0.1, -0.05) is 0 Å².